The minimum atomic E-state index is -4.73. The first-order valence-corrected chi connectivity index (χ1v) is 12.2. The topological polar surface area (TPSA) is 196 Å². The summed E-state index contributed by atoms with van der Waals surface area (Å²) < 4.78 is 68.8. The first-order valence-electron chi connectivity index (χ1n) is 9.24. The number of anilines is 1. The van der Waals surface area contributed by atoms with Gasteiger partial charge < -0.3 is 14.8 Å². The van der Waals surface area contributed by atoms with E-state index in [2.05, 4.69) is 20.3 Å². The van der Waals surface area contributed by atoms with Crippen LogP contribution in [0.15, 0.2) is 45.6 Å². The van der Waals surface area contributed by atoms with Crippen molar-refractivity contribution in [1.29, 1.82) is 0 Å². The van der Waals surface area contributed by atoms with E-state index in [1.807, 2.05) is 20.8 Å². The third-order valence-corrected chi connectivity index (χ3v) is 6.04. The van der Waals surface area contributed by atoms with Gasteiger partial charge in [0, 0.05) is 17.0 Å². The van der Waals surface area contributed by atoms with Crippen LogP contribution in [0.4, 0.5) is 17.2 Å². The number of aromatic nitrogens is 3. The number of azo groups is 1. The molecule has 0 unspecified atom stereocenters. The van der Waals surface area contributed by atoms with E-state index in [0.29, 0.717) is 5.69 Å². The first-order chi connectivity index (χ1) is 14.7. The second-order valence-electron chi connectivity index (χ2n) is 7.95. The van der Waals surface area contributed by atoms with Gasteiger partial charge in [0.1, 0.15) is 21.6 Å². The number of pyridine rings is 1. The summed E-state index contributed by atoms with van der Waals surface area (Å²) in [7, 11) is -9.21. The molecule has 16 heteroatoms. The van der Waals surface area contributed by atoms with Gasteiger partial charge in [-0.05, 0) is 24.3 Å². The van der Waals surface area contributed by atoms with Gasteiger partial charge in [-0.15, -0.1) is 10.2 Å². The summed E-state index contributed by atoms with van der Waals surface area (Å²) in [5.74, 6) is -0.683. The van der Waals surface area contributed by atoms with Crippen molar-refractivity contribution in [2.75, 3.05) is 11.5 Å². The minimum absolute atomic E-state index is 0. The number of rotatable bonds is 6. The second kappa shape index (κ2) is 11.4. The largest absolute Gasteiger partial charge is 1.00 e. The van der Waals surface area contributed by atoms with Crippen LogP contribution in [0.5, 0.6) is 0 Å². The summed E-state index contributed by atoms with van der Waals surface area (Å²) in [4.78, 5) is 3.68. The predicted octanol–water partition coefficient (Wildman–Crippen LogP) is -3.82. The molecule has 0 aliphatic rings. The third kappa shape index (κ3) is 7.29. The average Bonchev–Trinajstić information content (AvgIpc) is 2.99. The molecule has 0 fully saturated rings. The van der Waals surface area contributed by atoms with Crippen LogP contribution in [0.3, 0.4) is 0 Å². The molecule has 0 aliphatic carbocycles. The Hall–Kier alpha value is -0.940. The van der Waals surface area contributed by atoms with Gasteiger partial charge in [0.15, 0.2) is 5.69 Å². The van der Waals surface area contributed by atoms with E-state index in [1.54, 1.807) is 0 Å². The van der Waals surface area contributed by atoms with E-state index in [-0.39, 0.29) is 93.8 Å². The number of hydrogen-bond donors (Lipinski definition) is 1. The molecule has 0 aliphatic heterocycles. The smallest absolute Gasteiger partial charge is 0.748 e. The molecule has 2 N–H and O–H groups in total. The van der Waals surface area contributed by atoms with Crippen LogP contribution in [0.1, 0.15) is 26.5 Å². The quantitative estimate of drug-likeness (QED) is 0.190. The van der Waals surface area contributed by atoms with E-state index in [9.17, 15) is 25.9 Å². The number of hydrogen-bond acceptors (Lipinski definition) is 11. The van der Waals surface area contributed by atoms with Gasteiger partial charge in [-0.2, -0.15) is 5.10 Å². The standard InChI is InChI=1S/C18H22N6O6S2.2Na/c1-18(2,3)16-15(17(19)24(23-16)9-10-31(25,26)27)22-21-12-6-7-13(32(28,29)30)11-5-4-8-20-14(11)12;;/h4-8H,9-10,19H2,1-3H3,(H,25,26,27)(H,28,29,30);;/q;2*+1/p-2. The maximum atomic E-state index is 11.5. The molecule has 0 spiro atoms. The Morgan fingerprint density at radius 2 is 1.71 bits per heavy atom. The molecule has 0 saturated heterocycles. The average molecular weight is 527 g/mol. The number of nitrogen functional groups attached to an aromatic ring is 1. The third-order valence-electron chi connectivity index (χ3n) is 4.46. The maximum absolute atomic E-state index is 11.5. The van der Waals surface area contributed by atoms with E-state index < -0.39 is 36.3 Å². The Balaban J connectivity index is 0.00000289. The van der Waals surface area contributed by atoms with Crippen molar-refractivity contribution in [1.82, 2.24) is 14.8 Å². The molecular weight excluding hydrogens is 506 g/mol. The van der Waals surface area contributed by atoms with Crippen molar-refractivity contribution in [2.24, 2.45) is 10.2 Å². The normalized spacial score (nSPS) is 12.5. The molecule has 12 nitrogen and oxygen atoms in total. The molecular formula is C18H20N6Na2O6S2. The zero-order valence-electron chi connectivity index (χ0n) is 19.4. The van der Waals surface area contributed by atoms with Crippen LogP contribution < -0.4 is 64.8 Å². The van der Waals surface area contributed by atoms with Gasteiger partial charge >= 0.3 is 59.1 Å². The van der Waals surface area contributed by atoms with Crippen molar-refractivity contribution in [3.05, 3.63) is 36.2 Å². The monoisotopic (exact) mass is 526 g/mol. The van der Waals surface area contributed by atoms with Crippen LogP contribution >= 0.6 is 0 Å². The molecule has 172 valence electrons. The zero-order chi connectivity index (χ0) is 23.9. The Labute approximate surface area is 241 Å². The zero-order valence-corrected chi connectivity index (χ0v) is 25.0. The molecule has 1 aromatic carbocycles. The van der Waals surface area contributed by atoms with Crippen LogP contribution in [0.2, 0.25) is 0 Å². The van der Waals surface area contributed by atoms with Gasteiger partial charge in [-0.3, -0.25) is 4.98 Å². The summed E-state index contributed by atoms with van der Waals surface area (Å²) in [6.07, 6.45) is 1.42. The summed E-state index contributed by atoms with van der Waals surface area (Å²) in [6.45, 7) is 5.27. The first kappa shape index (κ1) is 31.1. The molecule has 0 bridgehead atoms. The van der Waals surface area contributed by atoms with Gasteiger partial charge in [0.2, 0.25) is 0 Å². The Morgan fingerprint density at radius 1 is 1.06 bits per heavy atom. The summed E-state index contributed by atoms with van der Waals surface area (Å²) >= 11 is 0. The predicted molar refractivity (Wildman–Crippen MR) is 114 cm³/mol. The maximum Gasteiger partial charge on any atom is 1.00 e. The fourth-order valence-corrected chi connectivity index (χ4v) is 4.04. The molecule has 2 heterocycles. The number of fused-ring (bicyclic) bond motifs is 1. The van der Waals surface area contributed by atoms with Crippen LogP contribution in [-0.4, -0.2) is 46.5 Å². The van der Waals surface area contributed by atoms with E-state index in [0.717, 1.165) is 6.07 Å². The van der Waals surface area contributed by atoms with Crippen LogP contribution in [-0.2, 0) is 32.2 Å². The molecule has 0 amide bonds. The second-order valence-corrected chi connectivity index (χ2v) is 10.8. The molecule has 3 rings (SSSR count). The summed E-state index contributed by atoms with van der Waals surface area (Å²) in [6, 6.07) is 5.34. The number of nitrogens with two attached hydrogens (primary N) is 1. The molecule has 3 aromatic rings. The van der Waals surface area contributed by atoms with Gasteiger partial charge in [0.25, 0.3) is 0 Å². The Bertz CT molecular complexity index is 1430. The van der Waals surface area contributed by atoms with Crippen molar-refractivity contribution in [2.45, 2.75) is 37.6 Å². The Kier molecular flexibility index (Phi) is 10.4. The number of aryl methyl sites for hydroxylation is 1. The summed E-state index contributed by atoms with van der Waals surface area (Å²) in [5, 5.41) is 12.7. The molecule has 0 saturated carbocycles. The van der Waals surface area contributed by atoms with Gasteiger partial charge in [-0.25, -0.2) is 21.5 Å². The van der Waals surface area contributed by atoms with Crippen LogP contribution in [0, 0.1) is 0 Å². The molecule has 0 radical (unpaired) electrons. The van der Waals surface area contributed by atoms with Crippen molar-refractivity contribution < 1.29 is 85.1 Å². The summed E-state index contributed by atoms with van der Waals surface area (Å²) in [5.41, 5.74) is 6.47. The Morgan fingerprint density at radius 3 is 2.26 bits per heavy atom. The van der Waals surface area contributed by atoms with E-state index in [1.165, 1.54) is 29.1 Å². The molecule has 0 atom stereocenters. The van der Waals surface area contributed by atoms with Crippen molar-refractivity contribution >= 4 is 48.3 Å². The number of benzene rings is 1. The SMILES string of the molecule is CC(C)(C)c1nn(CCS(=O)(=O)[O-])c(N)c1N=Nc1ccc(S(=O)(=O)[O-])c2cccnc12.[Na+].[Na+]. The molecule has 34 heavy (non-hydrogen) atoms. The van der Waals surface area contributed by atoms with E-state index in [4.69, 9.17) is 5.73 Å². The fourth-order valence-electron chi connectivity index (χ4n) is 2.97. The van der Waals surface area contributed by atoms with Crippen molar-refractivity contribution in [3.63, 3.8) is 0 Å². The van der Waals surface area contributed by atoms with Gasteiger partial charge in [-0.1, -0.05) is 20.8 Å². The fraction of sp³-hybridized carbons (Fsp3) is 0.333. The van der Waals surface area contributed by atoms with Crippen molar-refractivity contribution in [3.8, 4) is 0 Å². The van der Waals surface area contributed by atoms with Crippen LogP contribution in [0.25, 0.3) is 10.9 Å². The minimum Gasteiger partial charge on any atom is -0.748 e. The van der Waals surface area contributed by atoms with E-state index >= 15 is 0 Å². The number of nitrogens with zero attached hydrogens (tertiary/aromatic N) is 5. The van der Waals surface area contributed by atoms with Gasteiger partial charge in [0.05, 0.1) is 38.5 Å². The molecule has 2 aromatic heterocycles.